The summed E-state index contributed by atoms with van der Waals surface area (Å²) >= 11 is 0. The SMILES string of the molecule is Cc1c(C(=O)NC2CCN(C(=O)C3CCCCC3)CC2)cnn1-c1ccc(F)cc1. The quantitative estimate of drug-likeness (QED) is 0.834. The molecule has 1 saturated carbocycles. The summed E-state index contributed by atoms with van der Waals surface area (Å²) in [6.07, 6.45) is 8.71. The zero-order chi connectivity index (χ0) is 21.1. The van der Waals surface area contributed by atoms with Gasteiger partial charge in [0.25, 0.3) is 5.91 Å². The summed E-state index contributed by atoms with van der Waals surface area (Å²) in [6.45, 7) is 3.24. The molecule has 7 heteroatoms. The second-order valence-corrected chi connectivity index (χ2v) is 8.44. The van der Waals surface area contributed by atoms with E-state index >= 15 is 0 Å². The second-order valence-electron chi connectivity index (χ2n) is 8.44. The molecule has 1 aromatic carbocycles. The molecule has 2 amide bonds. The van der Waals surface area contributed by atoms with Gasteiger partial charge in [0.2, 0.25) is 5.91 Å². The van der Waals surface area contributed by atoms with Crippen molar-refractivity contribution in [2.24, 2.45) is 5.92 Å². The molecule has 6 nitrogen and oxygen atoms in total. The molecule has 30 heavy (non-hydrogen) atoms. The minimum Gasteiger partial charge on any atom is -0.349 e. The van der Waals surface area contributed by atoms with Crippen LogP contribution in [-0.4, -0.2) is 45.6 Å². The van der Waals surface area contributed by atoms with Crippen LogP contribution in [-0.2, 0) is 4.79 Å². The fraction of sp³-hybridized carbons (Fsp3) is 0.522. The van der Waals surface area contributed by atoms with E-state index in [-0.39, 0.29) is 23.7 Å². The van der Waals surface area contributed by atoms with Crippen LogP contribution in [0.5, 0.6) is 0 Å². The first kappa shape index (κ1) is 20.6. The lowest BCUT2D eigenvalue weighted by molar-refractivity contribution is -0.137. The van der Waals surface area contributed by atoms with Gasteiger partial charge in [-0.3, -0.25) is 9.59 Å². The predicted octanol–water partition coefficient (Wildman–Crippen LogP) is 3.62. The van der Waals surface area contributed by atoms with Gasteiger partial charge in [-0.1, -0.05) is 19.3 Å². The zero-order valence-corrected chi connectivity index (χ0v) is 17.4. The van der Waals surface area contributed by atoms with Crippen LogP contribution < -0.4 is 5.32 Å². The molecule has 1 saturated heterocycles. The highest BCUT2D eigenvalue weighted by atomic mass is 19.1. The molecule has 4 rings (SSSR count). The Morgan fingerprint density at radius 3 is 2.37 bits per heavy atom. The predicted molar refractivity (Wildman–Crippen MR) is 112 cm³/mol. The average molecular weight is 413 g/mol. The largest absolute Gasteiger partial charge is 0.349 e. The monoisotopic (exact) mass is 412 g/mol. The molecule has 160 valence electrons. The lowest BCUT2D eigenvalue weighted by atomic mass is 9.87. The first-order valence-corrected chi connectivity index (χ1v) is 10.9. The van der Waals surface area contributed by atoms with Crippen LogP contribution in [0.4, 0.5) is 4.39 Å². The van der Waals surface area contributed by atoms with E-state index in [2.05, 4.69) is 10.4 Å². The van der Waals surface area contributed by atoms with Crippen molar-refractivity contribution in [2.45, 2.75) is 57.9 Å². The van der Waals surface area contributed by atoms with Crippen LogP contribution in [0.2, 0.25) is 0 Å². The van der Waals surface area contributed by atoms with Crippen LogP contribution in [0, 0.1) is 18.7 Å². The van der Waals surface area contributed by atoms with Crippen molar-refractivity contribution in [1.29, 1.82) is 0 Å². The first-order chi connectivity index (χ1) is 14.5. The van der Waals surface area contributed by atoms with Gasteiger partial charge in [0.05, 0.1) is 23.1 Å². The fourth-order valence-electron chi connectivity index (χ4n) is 4.59. The fourth-order valence-corrected chi connectivity index (χ4v) is 4.59. The molecule has 1 aliphatic carbocycles. The molecule has 2 heterocycles. The van der Waals surface area contributed by atoms with E-state index in [1.165, 1.54) is 18.6 Å². The van der Waals surface area contributed by atoms with E-state index < -0.39 is 0 Å². The second kappa shape index (κ2) is 8.98. The molecule has 0 bridgehead atoms. The number of aromatic nitrogens is 2. The number of hydrogen-bond donors (Lipinski definition) is 1. The van der Waals surface area contributed by atoms with Crippen molar-refractivity contribution in [3.05, 3.63) is 47.5 Å². The highest BCUT2D eigenvalue weighted by Gasteiger charge is 2.30. The molecule has 2 aromatic rings. The number of likely N-dealkylation sites (tertiary alicyclic amines) is 1. The van der Waals surface area contributed by atoms with Gasteiger partial charge in [0.15, 0.2) is 0 Å². The summed E-state index contributed by atoms with van der Waals surface area (Å²) in [4.78, 5) is 27.5. The van der Waals surface area contributed by atoms with E-state index in [0.29, 0.717) is 35.9 Å². The molecular formula is C23H29FN4O2. The Morgan fingerprint density at radius 2 is 1.70 bits per heavy atom. The highest BCUT2D eigenvalue weighted by molar-refractivity contribution is 5.95. The number of rotatable bonds is 4. The maximum Gasteiger partial charge on any atom is 0.254 e. The Kier molecular flexibility index (Phi) is 6.16. The topological polar surface area (TPSA) is 67.2 Å². The Hall–Kier alpha value is -2.70. The molecular weight excluding hydrogens is 383 g/mol. The van der Waals surface area contributed by atoms with Gasteiger partial charge in [-0.15, -0.1) is 0 Å². The number of nitrogens with zero attached hydrogens (tertiary/aromatic N) is 3. The van der Waals surface area contributed by atoms with Gasteiger partial charge in [0, 0.05) is 25.0 Å². The molecule has 1 aliphatic heterocycles. The number of piperidine rings is 1. The molecule has 0 atom stereocenters. The number of carbonyl (C=O) groups is 2. The minimum atomic E-state index is -0.310. The normalized spacial score (nSPS) is 18.4. The van der Waals surface area contributed by atoms with Crippen LogP contribution >= 0.6 is 0 Å². The van der Waals surface area contributed by atoms with Crippen LogP contribution in [0.3, 0.4) is 0 Å². The first-order valence-electron chi connectivity index (χ1n) is 10.9. The number of nitrogens with one attached hydrogen (secondary N) is 1. The number of halogens is 1. The van der Waals surface area contributed by atoms with Crippen LogP contribution in [0.1, 0.15) is 61.0 Å². The van der Waals surface area contributed by atoms with E-state index in [4.69, 9.17) is 0 Å². The molecule has 1 aromatic heterocycles. The lowest BCUT2D eigenvalue weighted by Gasteiger charge is -2.35. The van der Waals surface area contributed by atoms with Crippen molar-refractivity contribution in [3.63, 3.8) is 0 Å². The Balaban J connectivity index is 1.33. The third-order valence-electron chi connectivity index (χ3n) is 6.42. The molecule has 1 N–H and O–H groups in total. The summed E-state index contributed by atoms with van der Waals surface area (Å²) in [7, 11) is 0. The van der Waals surface area contributed by atoms with Crippen molar-refractivity contribution >= 4 is 11.8 Å². The van der Waals surface area contributed by atoms with Crippen LogP contribution in [0.15, 0.2) is 30.5 Å². The standard InChI is InChI=1S/C23H29FN4O2/c1-16-21(15-25-28(16)20-9-7-18(24)8-10-20)22(29)26-19-11-13-27(14-12-19)23(30)17-5-3-2-4-6-17/h7-10,15,17,19H,2-6,11-14H2,1H3,(H,26,29). The van der Waals surface area contributed by atoms with E-state index in [1.54, 1.807) is 23.0 Å². The summed E-state index contributed by atoms with van der Waals surface area (Å²) in [6, 6.07) is 6.07. The van der Waals surface area contributed by atoms with Gasteiger partial charge in [-0.2, -0.15) is 5.10 Å². The van der Waals surface area contributed by atoms with Crippen molar-refractivity contribution in [2.75, 3.05) is 13.1 Å². The van der Waals surface area contributed by atoms with Gasteiger partial charge >= 0.3 is 0 Å². The maximum absolute atomic E-state index is 13.2. The zero-order valence-electron chi connectivity index (χ0n) is 17.4. The van der Waals surface area contributed by atoms with Gasteiger partial charge < -0.3 is 10.2 Å². The summed E-state index contributed by atoms with van der Waals surface area (Å²) in [5.41, 5.74) is 1.94. The average Bonchev–Trinajstić information content (AvgIpc) is 3.16. The highest BCUT2D eigenvalue weighted by Crippen LogP contribution is 2.26. The molecule has 0 unspecified atom stereocenters. The molecule has 0 spiro atoms. The van der Waals surface area contributed by atoms with Crippen molar-refractivity contribution in [3.8, 4) is 5.69 Å². The van der Waals surface area contributed by atoms with Gasteiger partial charge in [-0.25, -0.2) is 9.07 Å². The number of benzene rings is 1. The third-order valence-corrected chi connectivity index (χ3v) is 6.42. The summed E-state index contributed by atoms with van der Waals surface area (Å²) in [5, 5.41) is 7.40. The summed E-state index contributed by atoms with van der Waals surface area (Å²) < 4.78 is 14.8. The molecule has 2 aliphatic rings. The van der Waals surface area contributed by atoms with Crippen molar-refractivity contribution < 1.29 is 14.0 Å². The Bertz CT molecular complexity index is 894. The smallest absolute Gasteiger partial charge is 0.254 e. The number of amides is 2. The third kappa shape index (κ3) is 4.40. The van der Waals surface area contributed by atoms with E-state index in [9.17, 15) is 14.0 Å². The molecule has 2 fully saturated rings. The summed E-state index contributed by atoms with van der Waals surface area (Å²) in [5.74, 6) is 0.0356. The van der Waals surface area contributed by atoms with E-state index in [0.717, 1.165) is 38.5 Å². The Labute approximate surface area is 176 Å². The van der Waals surface area contributed by atoms with Gasteiger partial charge in [0.1, 0.15) is 5.82 Å². The Morgan fingerprint density at radius 1 is 1.03 bits per heavy atom. The number of carbonyl (C=O) groups excluding carboxylic acids is 2. The minimum absolute atomic E-state index is 0.0569. The van der Waals surface area contributed by atoms with Crippen molar-refractivity contribution in [1.82, 2.24) is 20.0 Å². The van der Waals surface area contributed by atoms with Crippen LogP contribution in [0.25, 0.3) is 5.69 Å². The number of hydrogen-bond acceptors (Lipinski definition) is 3. The van der Waals surface area contributed by atoms with Gasteiger partial charge in [-0.05, 0) is 56.9 Å². The lowest BCUT2D eigenvalue weighted by Crippen LogP contribution is -2.48. The maximum atomic E-state index is 13.2. The van der Waals surface area contributed by atoms with E-state index in [1.807, 2.05) is 11.8 Å². The molecule has 0 radical (unpaired) electrons.